The molecule has 0 saturated carbocycles. The maximum Gasteiger partial charge on any atom is 0.215 e. The SMILES string of the molecule is Cc1ccc(Cc2nc(C(=O)C=C(O)c3nc[nH]n3)cs2)cc1. The second-order valence-corrected chi connectivity index (χ2v) is 5.95. The fourth-order valence-corrected chi connectivity index (χ4v) is 2.80. The van der Waals surface area contributed by atoms with Gasteiger partial charge in [-0.25, -0.2) is 9.97 Å². The molecule has 0 spiro atoms. The molecule has 0 aliphatic heterocycles. The number of aromatic nitrogens is 4. The molecule has 7 heteroatoms. The van der Waals surface area contributed by atoms with Gasteiger partial charge in [-0.3, -0.25) is 9.89 Å². The monoisotopic (exact) mass is 326 g/mol. The van der Waals surface area contributed by atoms with E-state index >= 15 is 0 Å². The Bertz CT molecular complexity index is 835. The highest BCUT2D eigenvalue weighted by molar-refractivity contribution is 7.09. The maximum absolute atomic E-state index is 12.1. The van der Waals surface area contributed by atoms with Crippen LogP contribution < -0.4 is 0 Å². The highest BCUT2D eigenvalue weighted by Gasteiger charge is 2.12. The first-order valence-corrected chi connectivity index (χ1v) is 7.81. The molecule has 3 aromatic rings. The molecule has 1 aromatic carbocycles. The van der Waals surface area contributed by atoms with Gasteiger partial charge in [-0.1, -0.05) is 29.8 Å². The molecule has 0 radical (unpaired) electrons. The second-order valence-electron chi connectivity index (χ2n) is 5.01. The van der Waals surface area contributed by atoms with Gasteiger partial charge in [-0.2, -0.15) is 5.10 Å². The molecular formula is C16H14N4O2S. The average molecular weight is 326 g/mol. The van der Waals surface area contributed by atoms with Crippen LogP contribution in [0.4, 0.5) is 0 Å². The molecule has 0 aliphatic rings. The number of allylic oxidation sites excluding steroid dienone is 1. The highest BCUT2D eigenvalue weighted by atomic mass is 32.1. The fraction of sp³-hybridized carbons (Fsp3) is 0.125. The Kier molecular flexibility index (Phi) is 4.29. The minimum Gasteiger partial charge on any atom is -0.504 e. The fourth-order valence-electron chi connectivity index (χ4n) is 1.98. The first-order chi connectivity index (χ1) is 11.1. The van der Waals surface area contributed by atoms with Crippen molar-refractivity contribution >= 4 is 22.9 Å². The molecule has 2 aromatic heterocycles. The van der Waals surface area contributed by atoms with Gasteiger partial charge in [0.1, 0.15) is 12.0 Å². The molecule has 0 atom stereocenters. The van der Waals surface area contributed by atoms with E-state index in [1.54, 1.807) is 5.38 Å². The van der Waals surface area contributed by atoms with Crippen LogP contribution in [0.3, 0.4) is 0 Å². The number of carbonyl (C=O) groups excluding carboxylic acids is 1. The number of hydrogen-bond acceptors (Lipinski definition) is 6. The zero-order chi connectivity index (χ0) is 16.2. The molecule has 0 bridgehead atoms. The normalized spacial score (nSPS) is 11.6. The minimum absolute atomic E-state index is 0.0773. The van der Waals surface area contributed by atoms with E-state index in [1.165, 1.54) is 23.2 Å². The topological polar surface area (TPSA) is 91.8 Å². The summed E-state index contributed by atoms with van der Waals surface area (Å²) in [6.45, 7) is 2.04. The number of nitrogens with zero attached hydrogens (tertiary/aromatic N) is 3. The lowest BCUT2D eigenvalue weighted by Crippen LogP contribution is -1.99. The highest BCUT2D eigenvalue weighted by Crippen LogP contribution is 2.17. The molecule has 23 heavy (non-hydrogen) atoms. The molecular weight excluding hydrogens is 312 g/mol. The summed E-state index contributed by atoms with van der Waals surface area (Å²) in [6.07, 6.45) is 3.08. The number of ketones is 1. The zero-order valence-corrected chi connectivity index (χ0v) is 13.2. The standard InChI is InChI=1S/C16H14N4O2S/c1-10-2-4-11(5-3-10)6-15-19-12(8-23-15)13(21)7-14(22)16-17-9-18-20-16/h2-5,7-9,22H,6H2,1H3,(H,17,18,20). The van der Waals surface area contributed by atoms with Gasteiger partial charge in [-0.15, -0.1) is 11.3 Å². The molecule has 0 amide bonds. The molecule has 2 heterocycles. The van der Waals surface area contributed by atoms with Crippen molar-refractivity contribution in [2.24, 2.45) is 0 Å². The number of carbonyl (C=O) groups is 1. The van der Waals surface area contributed by atoms with Crippen LogP contribution in [0.5, 0.6) is 0 Å². The lowest BCUT2D eigenvalue weighted by molar-refractivity contribution is 0.104. The van der Waals surface area contributed by atoms with E-state index in [1.807, 2.05) is 31.2 Å². The van der Waals surface area contributed by atoms with Crippen LogP contribution in [0.1, 0.15) is 32.4 Å². The number of nitrogens with one attached hydrogen (secondary N) is 1. The Hall–Kier alpha value is -2.80. The molecule has 0 aliphatic carbocycles. The molecule has 2 N–H and O–H groups in total. The van der Waals surface area contributed by atoms with E-state index in [9.17, 15) is 9.90 Å². The lowest BCUT2D eigenvalue weighted by atomic mass is 10.1. The lowest BCUT2D eigenvalue weighted by Gasteiger charge is -1.98. The van der Waals surface area contributed by atoms with E-state index in [4.69, 9.17) is 0 Å². The Morgan fingerprint density at radius 1 is 1.35 bits per heavy atom. The van der Waals surface area contributed by atoms with Gasteiger partial charge in [0.2, 0.25) is 11.6 Å². The molecule has 0 fully saturated rings. The number of aliphatic hydroxyl groups excluding tert-OH is 1. The predicted molar refractivity (Wildman–Crippen MR) is 87.4 cm³/mol. The summed E-state index contributed by atoms with van der Waals surface area (Å²) in [5.74, 6) is -0.587. The molecule has 3 rings (SSSR count). The summed E-state index contributed by atoms with van der Waals surface area (Å²) in [5, 5.41) is 18.5. The summed E-state index contributed by atoms with van der Waals surface area (Å²) in [5.41, 5.74) is 2.65. The van der Waals surface area contributed by atoms with Gasteiger partial charge in [-0.05, 0) is 12.5 Å². The molecule has 0 unspecified atom stereocenters. The Morgan fingerprint density at radius 3 is 2.83 bits per heavy atom. The van der Waals surface area contributed by atoms with E-state index in [0.717, 1.165) is 16.6 Å². The minimum atomic E-state index is -0.376. The van der Waals surface area contributed by atoms with E-state index < -0.39 is 0 Å². The van der Waals surface area contributed by atoms with Crippen molar-refractivity contribution in [3.63, 3.8) is 0 Å². The third kappa shape index (κ3) is 3.70. The Balaban J connectivity index is 1.72. The first-order valence-electron chi connectivity index (χ1n) is 6.93. The number of benzene rings is 1. The number of aliphatic hydroxyl groups is 1. The Labute approximate surface area is 136 Å². The largest absolute Gasteiger partial charge is 0.504 e. The van der Waals surface area contributed by atoms with Crippen molar-refractivity contribution in [1.29, 1.82) is 0 Å². The summed E-state index contributed by atoms with van der Waals surface area (Å²) in [4.78, 5) is 20.2. The van der Waals surface area contributed by atoms with Gasteiger partial charge < -0.3 is 5.11 Å². The zero-order valence-electron chi connectivity index (χ0n) is 12.4. The van der Waals surface area contributed by atoms with Crippen LogP contribution in [0, 0.1) is 6.92 Å². The number of rotatable bonds is 5. The van der Waals surface area contributed by atoms with Crippen LogP contribution in [-0.2, 0) is 6.42 Å². The summed E-state index contributed by atoms with van der Waals surface area (Å²) in [7, 11) is 0. The number of hydrogen-bond donors (Lipinski definition) is 2. The van der Waals surface area contributed by atoms with Gasteiger partial charge in [0, 0.05) is 17.9 Å². The van der Waals surface area contributed by atoms with Crippen LogP contribution in [-0.4, -0.2) is 31.1 Å². The summed E-state index contributed by atoms with van der Waals surface area (Å²) < 4.78 is 0. The van der Waals surface area contributed by atoms with Crippen LogP contribution in [0.25, 0.3) is 5.76 Å². The van der Waals surface area contributed by atoms with E-state index in [0.29, 0.717) is 12.1 Å². The summed E-state index contributed by atoms with van der Waals surface area (Å²) in [6, 6.07) is 8.19. The van der Waals surface area contributed by atoms with Gasteiger partial charge in [0.15, 0.2) is 5.76 Å². The van der Waals surface area contributed by atoms with Crippen molar-refractivity contribution in [1.82, 2.24) is 20.2 Å². The van der Waals surface area contributed by atoms with Gasteiger partial charge in [0.25, 0.3) is 0 Å². The van der Waals surface area contributed by atoms with E-state index in [-0.39, 0.29) is 17.4 Å². The van der Waals surface area contributed by atoms with Crippen molar-refractivity contribution in [3.8, 4) is 0 Å². The average Bonchev–Trinajstić information content (AvgIpc) is 3.21. The number of aryl methyl sites for hydroxylation is 1. The van der Waals surface area contributed by atoms with Crippen molar-refractivity contribution in [2.75, 3.05) is 0 Å². The van der Waals surface area contributed by atoms with E-state index in [2.05, 4.69) is 20.2 Å². The first kappa shape index (κ1) is 15.1. The number of H-pyrrole nitrogens is 1. The second kappa shape index (κ2) is 6.53. The quantitative estimate of drug-likeness (QED) is 0.427. The predicted octanol–water partition coefficient (Wildman–Crippen LogP) is 2.94. The van der Waals surface area contributed by atoms with Crippen molar-refractivity contribution in [2.45, 2.75) is 13.3 Å². The van der Waals surface area contributed by atoms with Crippen LogP contribution >= 0.6 is 11.3 Å². The smallest absolute Gasteiger partial charge is 0.215 e. The molecule has 116 valence electrons. The Morgan fingerprint density at radius 2 is 2.13 bits per heavy atom. The third-order valence-electron chi connectivity index (χ3n) is 3.19. The van der Waals surface area contributed by atoms with Gasteiger partial charge >= 0.3 is 0 Å². The third-order valence-corrected chi connectivity index (χ3v) is 4.04. The van der Waals surface area contributed by atoms with Crippen LogP contribution in [0.15, 0.2) is 42.0 Å². The van der Waals surface area contributed by atoms with Gasteiger partial charge in [0.05, 0.1) is 5.01 Å². The molecule has 6 nitrogen and oxygen atoms in total. The maximum atomic E-state index is 12.1. The molecule has 0 saturated heterocycles. The summed E-state index contributed by atoms with van der Waals surface area (Å²) >= 11 is 1.42. The van der Waals surface area contributed by atoms with Crippen molar-refractivity contribution in [3.05, 3.63) is 69.7 Å². The number of thiazole rings is 1. The number of aromatic amines is 1. The van der Waals surface area contributed by atoms with Crippen molar-refractivity contribution < 1.29 is 9.90 Å². The van der Waals surface area contributed by atoms with Crippen LogP contribution in [0.2, 0.25) is 0 Å².